The van der Waals surface area contributed by atoms with Gasteiger partial charge >= 0.3 is 0 Å². The SMILES string of the molecule is C#CC#CC#CC1(C)c2cc(-c3ccc(N(c4ccc(CCCC)cc4)c4ccc(N(c5ccc(C)cc5)c5ccc(CCCC)cc5)cc4)cc3)ccc2-c2ccc(-c3ccc(N(c4ccc(-c5ccc(N(c6ccc(CCCC)cc6)c6ccc(-c7ccc(N(c8ccc(C)cc8)c8cc(CCCCCC)cc(CCCCCC)c8)cc7)cc6)cc5)cc4)c4cc(CCCCCC)cc(CCCCCC)c4)cc3)cc21. The smallest absolute Gasteiger partial charge is 0.0806 e. The normalized spacial score (nSPS) is 12.3. The van der Waals surface area contributed by atoms with E-state index in [1.807, 2.05) is 0 Å². The van der Waals surface area contributed by atoms with Gasteiger partial charge in [-0.05, 0) is 434 Å². The average molecular weight is 1930 g/mol. The fraction of sp³-hybridized carbons (Fsp3) is 0.282. The van der Waals surface area contributed by atoms with E-state index in [1.54, 1.807) is 0 Å². The summed E-state index contributed by atoms with van der Waals surface area (Å²) in [5.41, 5.74) is 42.3. The number of hydrogen-bond acceptors (Lipinski definition) is 5. The maximum atomic E-state index is 5.77. The van der Waals surface area contributed by atoms with Crippen LogP contribution < -0.4 is 24.5 Å². The lowest BCUT2D eigenvalue weighted by atomic mass is 9.79. The molecule has 0 aromatic heterocycles. The van der Waals surface area contributed by atoms with Crippen molar-refractivity contribution in [3.8, 4) is 91.7 Å². The van der Waals surface area contributed by atoms with Crippen LogP contribution in [0.15, 0.2) is 364 Å². The van der Waals surface area contributed by atoms with E-state index in [4.69, 9.17) is 6.42 Å². The molecule has 0 aliphatic heterocycles. The lowest BCUT2D eigenvalue weighted by molar-refractivity contribution is 0.661. The Morgan fingerprint density at radius 3 is 0.633 bits per heavy atom. The molecule has 5 heteroatoms. The molecule has 16 aromatic carbocycles. The van der Waals surface area contributed by atoms with Crippen LogP contribution in [0.1, 0.15) is 258 Å². The fourth-order valence-corrected chi connectivity index (χ4v) is 21.4. The highest BCUT2D eigenvalue weighted by Gasteiger charge is 2.39. The summed E-state index contributed by atoms with van der Waals surface area (Å²) in [5.74, 6) is 15.3. The third-order valence-electron chi connectivity index (χ3n) is 29.9. The standard InChI is InChI=1S/C142H149N5/c1-12-20-28-33-41-111-98-112(42-34-29-21-13-2)101-136(100-111)146(124-71-47-107(10)48-72-124)131-83-59-117(60-84-131)115-55-79-128(80-56-115)144(126-75-51-109(52-76-126)39-26-18-7)129-81-57-116(58-82-129)118-61-85-132(86-62-118)147(137-102-113(43-35-30-22-14-3)99-114(103-137)44-36-31-23-15-4)133-89-65-120(66-90-133)122-68-96-139-138-95-67-121(104-140(138)142(11,141(139)105-122)97-37-32-24-16-5)119-63-87-130(88-64-119)145(127-77-53-110(54-78-127)40-27-19-8)135-93-91-134(92-94-135)143(123-69-45-106(9)46-70-123)125-73-49-108(50-74-125)38-25-17-6/h5,45-96,98-105H,12-15,17-23,25-31,33-36,38-44H2,1-4,6-11H3. The molecule has 1 atom stereocenters. The van der Waals surface area contributed by atoms with Crippen LogP contribution in [0.4, 0.5) is 85.3 Å². The van der Waals surface area contributed by atoms with Crippen molar-refractivity contribution in [3.63, 3.8) is 0 Å². The van der Waals surface area contributed by atoms with Gasteiger partial charge in [-0.15, -0.1) is 6.42 Å². The molecule has 0 spiro atoms. The first kappa shape index (κ1) is 104. The van der Waals surface area contributed by atoms with Crippen LogP contribution in [0, 0.1) is 49.9 Å². The zero-order valence-corrected chi connectivity index (χ0v) is 89.0. The van der Waals surface area contributed by atoms with Crippen molar-refractivity contribution in [1.82, 2.24) is 0 Å². The van der Waals surface area contributed by atoms with Gasteiger partial charge in [-0.3, -0.25) is 0 Å². The van der Waals surface area contributed by atoms with Gasteiger partial charge in [0.2, 0.25) is 0 Å². The van der Waals surface area contributed by atoms with Gasteiger partial charge in [-0.25, -0.2) is 0 Å². The third-order valence-corrected chi connectivity index (χ3v) is 29.9. The molecule has 0 N–H and O–H groups in total. The van der Waals surface area contributed by atoms with Gasteiger partial charge in [-0.2, -0.15) is 0 Å². The predicted octanol–water partition coefficient (Wildman–Crippen LogP) is 40.8. The molecule has 0 saturated heterocycles. The first-order valence-electron chi connectivity index (χ1n) is 55.4. The Labute approximate surface area is 881 Å². The second-order valence-electron chi connectivity index (χ2n) is 41.0. The van der Waals surface area contributed by atoms with Gasteiger partial charge in [0.1, 0.15) is 0 Å². The monoisotopic (exact) mass is 1920 g/mol. The van der Waals surface area contributed by atoms with Crippen molar-refractivity contribution < 1.29 is 0 Å². The molecule has 1 aliphatic carbocycles. The third kappa shape index (κ3) is 26.0. The lowest BCUT2D eigenvalue weighted by Gasteiger charge is -2.29. The molecule has 742 valence electrons. The maximum absolute atomic E-state index is 5.77. The number of rotatable bonds is 48. The van der Waals surface area contributed by atoms with E-state index in [0.717, 1.165) is 177 Å². The molecule has 0 saturated carbocycles. The van der Waals surface area contributed by atoms with E-state index in [9.17, 15) is 0 Å². The number of fused-ring (bicyclic) bond motifs is 3. The number of benzene rings is 16. The van der Waals surface area contributed by atoms with Crippen LogP contribution in [0.25, 0.3) is 55.6 Å². The van der Waals surface area contributed by atoms with Crippen LogP contribution in [0.2, 0.25) is 0 Å². The summed E-state index contributed by atoms with van der Waals surface area (Å²) in [5, 5.41) is 0. The van der Waals surface area contributed by atoms with E-state index in [1.165, 1.54) is 211 Å². The summed E-state index contributed by atoms with van der Waals surface area (Å²) in [6, 6.07) is 139. The van der Waals surface area contributed by atoms with E-state index in [-0.39, 0.29) is 0 Å². The minimum Gasteiger partial charge on any atom is -0.311 e. The highest BCUT2D eigenvalue weighted by Crippen LogP contribution is 2.53. The zero-order valence-electron chi connectivity index (χ0n) is 89.0. The van der Waals surface area contributed by atoms with Crippen molar-refractivity contribution >= 4 is 85.3 Å². The van der Waals surface area contributed by atoms with Crippen molar-refractivity contribution in [3.05, 3.63) is 425 Å². The number of aryl methyl sites for hydroxylation is 9. The Bertz CT molecular complexity index is 7070. The van der Waals surface area contributed by atoms with Gasteiger partial charge < -0.3 is 24.5 Å². The van der Waals surface area contributed by atoms with Crippen LogP contribution in [-0.4, -0.2) is 0 Å². The molecule has 5 nitrogen and oxygen atoms in total. The Morgan fingerprint density at radius 2 is 0.395 bits per heavy atom. The number of terminal acetylenes is 1. The molecule has 0 bridgehead atoms. The Balaban J connectivity index is 0.657. The molecule has 17 rings (SSSR count). The van der Waals surface area contributed by atoms with Crippen LogP contribution in [-0.2, 0) is 50.4 Å². The minimum absolute atomic E-state index is 0.725. The van der Waals surface area contributed by atoms with E-state index in [0.29, 0.717) is 0 Å². The summed E-state index contributed by atoms with van der Waals surface area (Å²) < 4.78 is 0. The van der Waals surface area contributed by atoms with E-state index < -0.39 is 5.41 Å². The van der Waals surface area contributed by atoms with Crippen LogP contribution in [0.5, 0.6) is 0 Å². The van der Waals surface area contributed by atoms with Crippen molar-refractivity contribution in [2.75, 3.05) is 24.5 Å². The van der Waals surface area contributed by atoms with Gasteiger partial charge in [-0.1, -0.05) is 332 Å². The Kier molecular flexibility index (Phi) is 36.2. The molecular weight excluding hydrogens is 1780 g/mol. The Morgan fingerprint density at radius 1 is 0.190 bits per heavy atom. The molecule has 147 heavy (non-hydrogen) atoms. The minimum atomic E-state index is -0.725. The number of unbranched alkanes of at least 4 members (excludes halogenated alkanes) is 15. The first-order chi connectivity index (χ1) is 72.2. The quantitative estimate of drug-likeness (QED) is 0.0278. The molecule has 16 aromatic rings. The van der Waals surface area contributed by atoms with Gasteiger partial charge in [0.15, 0.2) is 0 Å². The summed E-state index contributed by atoms with van der Waals surface area (Å²) in [4.78, 5) is 12.2. The number of anilines is 15. The zero-order chi connectivity index (χ0) is 102. The topological polar surface area (TPSA) is 16.2 Å². The molecule has 0 fully saturated rings. The predicted molar refractivity (Wildman–Crippen MR) is 635 cm³/mol. The maximum Gasteiger partial charge on any atom is 0.0806 e. The summed E-state index contributed by atoms with van der Waals surface area (Å²) >= 11 is 0. The van der Waals surface area contributed by atoms with Crippen LogP contribution >= 0.6 is 0 Å². The Hall–Kier alpha value is -14.8. The lowest BCUT2D eigenvalue weighted by Crippen LogP contribution is -2.18. The number of hydrogen-bond donors (Lipinski definition) is 0. The number of nitrogens with zero attached hydrogens (tertiary/aromatic N) is 5. The fourth-order valence-electron chi connectivity index (χ4n) is 21.4. The highest BCUT2D eigenvalue weighted by atomic mass is 15.2. The molecule has 0 amide bonds. The second-order valence-corrected chi connectivity index (χ2v) is 41.0. The van der Waals surface area contributed by atoms with Gasteiger partial charge in [0.25, 0.3) is 0 Å². The van der Waals surface area contributed by atoms with E-state index in [2.05, 4.69) is 487 Å². The molecule has 0 heterocycles. The summed E-state index contributed by atoms with van der Waals surface area (Å²) in [6.07, 6.45) is 40.1. The van der Waals surface area contributed by atoms with Crippen LogP contribution in [0.3, 0.4) is 0 Å². The second kappa shape index (κ2) is 51.3. The molecule has 1 unspecified atom stereocenters. The first-order valence-corrected chi connectivity index (χ1v) is 55.4. The molecular formula is C142H149N5. The van der Waals surface area contributed by atoms with Crippen molar-refractivity contribution in [1.29, 1.82) is 0 Å². The van der Waals surface area contributed by atoms with E-state index >= 15 is 0 Å². The highest BCUT2D eigenvalue weighted by molar-refractivity contribution is 5.91. The largest absolute Gasteiger partial charge is 0.311 e. The van der Waals surface area contributed by atoms with Gasteiger partial charge in [0, 0.05) is 85.3 Å². The average Bonchev–Trinajstić information content (AvgIpc) is 1.56. The summed E-state index contributed by atoms with van der Waals surface area (Å²) in [6.45, 7) is 22.6. The van der Waals surface area contributed by atoms with Gasteiger partial charge in [0.05, 0.1) is 5.41 Å². The molecule has 1 aliphatic rings. The molecule has 0 radical (unpaired) electrons. The van der Waals surface area contributed by atoms with Crippen molar-refractivity contribution in [2.24, 2.45) is 0 Å². The van der Waals surface area contributed by atoms with Crippen molar-refractivity contribution in [2.45, 2.75) is 261 Å². The summed E-state index contributed by atoms with van der Waals surface area (Å²) in [7, 11) is 0.